The lowest BCUT2D eigenvalue weighted by molar-refractivity contribution is -0.165. The van der Waals surface area contributed by atoms with Crippen LogP contribution in [0.3, 0.4) is 0 Å². The molecule has 0 aliphatic carbocycles. The largest absolute Gasteiger partial charge is 0.458 e. The molecule has 1 aromatic heterocycles. The Kier molecular flexibility index (Phi) is 7.37. The molecule has 8 nitrogen and oxygen atoms in total. The Morgan fingerprint density at radius 1 is 1.29 bits per heavy atom. The number of fused-ring (bicyclic) bond motifs is 5. The monoisotopic (exact) mass is 542 g/mol. The fraction of sp³-hybridized carbons (Fsp3) is 0.385. The zero-order valence-electron chi connectivity index (χ0n) is 19.8. The number of nitrogens with zero attached hydrogens (tertiary/aromatic N) is 2. The first-order valence-corrected chi connectivity index (χ1v) is 12.6. The molecule has 2 aromatic rings. The van der Waals surface area contributed by atoms with Crippen molar-refractivity contribution >= 4 is 50.3 Å². The summed E-state index contributed by atoms with van der Waals surface area (Å²) in [6, 6.07) is 7.53. The van der Waals surface area contributed by atoms with Gasteiger partial charge in [-0.25, -0.2) is 9.78 Å². The lowest BCUT2D eigenvalue weighted by Crippen LogP contribution is -2.41. The van der Waals surface area contributed by atoms with Crippen molar-refractivity contribution in [2.45, 2.75) is 51.3 Å². The van der Waals surface area contributed by atoms with Crippen LogP contribution in [0.4, 0.5) is 0 Å². The van der Waals surface area contributed by atoms with Crippen LogP contribution in [-0.2, 0) is 37.0 Å². The van der Waals surface area contributed by atoms with Gasteiger partial charge in [0.2, 0.25) is 6.10 Å². The van der Waals surface area contributed by atoms with Crippen LogP contribution in [0.15, 0.2) is 41.5 Å². The highest BCUT2D eigenvalue weighted by Gasteiger charge is 2.42. The number of hydrogen-bond donors (Lipinski definition) is 1. The first-order valence-electron chi connectivity index (χ1n) is 11.7. The maximum absolute atomic E-state index is 13.4. The lowest BCUT2D eigenvalue weighted by atomic mass is 9.92. The third-order valence-corrected chi connectivity index (χ3v) is 7.23. The summed E-state index contributed by atoms with van der Waals surface area (Å²) < 4.78 is 10.7. The van der Waals surface area contributed by atoms with Crippen molar-refractivity contribution in [2.75, 3.05) is 13.2 Å². The van der Waals surface area contributed by atoms with E-state index in [0.29, 0.717) is 24.2 Å². The number of carbonyl (C=O) groups excluding carboxylic acids is 3. The van der Waals surface area contributed by atoms with Gasteiger partial charge in [-0.3, -0.25) is 9.59 Å². The molecule has 1 amide bonds. The highest BCUT2D eigenvalue weighted by atomic mass is 79.9. The fourth-order valence-electron chi connectivity index (χ4n) is 4.50. The molecule has 0 spiro atoms. The summed E-state index contributed by atoms with van der Waals surface area (Å²) in [5.74, 6) is -1.60. The van der Waals surface area contributed by atoms with Crippen LogP contribution in [0.1, 0.15) is 44.0 Å². The molecule has 1 aromatic carbocycles. The number of cyclic esters (lactones) is 1. The van der Waals surface area contributed by atoms with Crippen molar-refractivity contribution < 1.29 is 29.0 Å². The van der Waals surface area contributed by atoms with E-state index < -0.39 is 22.9 Å². The van der Waals surface area contributed by atoms with Gasteiger partial charge in [-0.1, -0.05) is 54.9 Å². The van der Waals surface area contributed by atoms with Crippen molar-refractivity contribution in [3.8, 4) is 0 Å². The normalized spacial score (nSPS) is 19.5. The summed E-state index contributed by atoms with van der Waals surface area (Å²) in [6.45, 7) is 5.99. The molecule has 0 saturated carbocycles. The maximum atomic E-state index is 13.4. The highest BCUT2D eigenvalue weighted by Crippen LogP contribution is 2.38. The van der Waals surface area contributed by atoms with Gasteiger partial charge in [0, 0.05) is 29.6 Å². The maximum Gasteiger partial charge on any atom is 0.352 e. The molecule has 2 atom stereocenters. The molecule has 3 aliphatic heterocycles. The van der Waals surface area contributed by atoms with E-state index in [1.807, 2.05) is 45.0 Å². The number of aromatic nitrogens is 1. The number of pyridine rings is 1. The molecule has 184 valence electrons. The van der Waals surface area contributed by atoms with Gasteiger partial charge >= 0.3 is 11.9 Å². The zero-order valence-corrected chi connectivity index (χ0v) is 21.4. The Bertz CT molecular complexity index is 1270. The van der Waals surface area contributed by atoms with E-state index in [1.165, 1.54) is 0 Å². The van der Waals surface area contributed by atoms with Crippen LogP contribution in [0.5, 0.6) is 0 Å². The average Bonchev–Trinajstić information content (AvgIpc) is 3.00. The molecule has 0 fully saturated rings. The fourth-order valence-corrected chi connectivity index (χ4v) is 4.61. The first kappa shape index (κ1) is 25.1. The van der Waals surface area contributed by atoms with Crippen LogP contribution in [0.25, 0.3) is 16.5 Å². The van der Waals surface area contributed by atoms with Gasteiger partial charge in [0.05, 0.1) is 23.4 Å². The predicted octanol–water partition coefficient (Wildman–Crippen LogP) is 3.43. The SMILES string of the molecule is CC.CCC(Br)C(=O)OC1C(=O)OCC2=C1C=C1CN(Cc3c1nc1ccccc1c3CO)C2=O. The number of halogens is 1. The molecule has 35 heavy (non-hydrogen) atoms. The number of rotatable bonds is 4. The number of carbonyl (C=O) groups is 3. The number of alkyl halides is 1. The van der Waals surface area contributed by atoms with Gasteiger partial charge in [0.1, 0.15) is 11.4 Å². The van der Waals surface area contributed by atoms with Crippen molar-refractivity contribution in [1.82, 2.24) is 9.88 Å². The Morgan fingerprint density at radius 2 is 2.03 bits per heavy atom. The summed E-state index contributed by atoms with van der Waals surface area (Å²) in [7, 11) is 0. The van der Waals surface area contributed by atoms with Crippen molar-refractivity contribution in [3.05, 3.63) is 58.3 Å². The van der Waals surface area contributed by atoms with Crippen LogP contribution in [0, 0.1) is 0 Å². The van der Waals surface area contributed by atoms with E-state index in [1.54, 1.807) is 11.0 Å². The van der Waals surface area contributed by atoms with Gasteiger partial charge in [0.25, 0.3) is 5.91 Å². The van der Waals surface area contributed by atoms with Gasteiger partial charge < -0.3 is 19.5 Å². The number of aliphatic hydroxyl groups excluding tert-OH is 1. The number of aliphatic hydroxyl groups is 1. The summed E-state index contributed by atoms with van der Waals surface area (Å²) in [6.07, 6.45) is 0.877. The summed E-state index contributed by atoms with van der Waals surface area (Å²) in [5.41, 5.74) is 4.23. The topological polar surface area (TPSA) is 106 Å². The van der Waals surface area contributed by atoms with Gasteiger partial charge in [-0.05, 0) is 29.7 Å². The Labute approximate surface area is 211 Å². The van der Waals surface area contributed by atoms with Crippen LogP contribution >= 0.6 is 15.9 Å². The molecule has 2 bridgehead atoms. The van der Waals surface area contributed by atoms with E-state index >= 15 is 0 Å². The number of para-hydroxylation sites is 1. The molecular formula is C26H27BrN2O6. The zero-order chi connectivity index (χ0) is 25.3. The van der Waals surface area contributed by atoms with Crippen LogP contribution in [0.2, 0.25) is 0 Å². The summed E-state index contributed by atoms with van der Waals surface area (Å²) in [4.78, 5) is 44.3. The molecule has 0 radical (unpaired) electrons. The van der Waals surface area contributed by atoms with Gasteiger partial charge in [0.15, 0.2) is 0 Å². The Morgan fingerprint density at radius 3 is 2.74 bits per heavy atom. The second kappa shape index (κ2) is 10.3. The van der Waals surface area contributed by atoms with E-state index in [2.05, 4.69) is 15.9 Å². The summed E-state index contributed by atoms with van der Waals surface area (Å²) >= 11 is 3.24. The van der Waals surface area contributed by atoms with Crippen molar-refractivity contribution in [2.24, 2.45) is 0 Å². The Hall–Kier alpha value is -3.04. The first-order chi connectivity index (χ1) is 16.9. The third-order valence-electron chi connectivity index (χ3n) is 6.21. The predicted molar refractivity (Wildman–Crippen MR) is 133 cm³/mol. The minimum absolute atomic E-state index is 0.189. The van der Waals surface area contributed by atoms with E-state index in [9.17, 15) is 19.5 Å². The smallest absolute Gasteiger partial charge is 0.352 e. The van der Waals surface area contributed by atoms with E-state index in [0.717, 1.165) is 27.6 Å². The van der Waals surface area contributed by atoms with Crippen LogP contribution < -0.4 is 0 Å². The van der Waals surface area contributed by atoms with E-state index in [-0.39, 0.29) is 31.2 Å². The van der Waals surface area contributed by atoms with Crippen molar-refractivity contribution in [3.63, 3.8) is 0 Å². The number of hydrogen-bond acceptors (Lipinski definition) is 7. The van der Waals surface area contributed by atoms with Crippen molar-refractivity contribution in [1.29, 1.82) is 0 Å². The molecule has 9 heteroatoms. The minimum Gasteiger partial charge on any atom is -0.458 e. The average molecular weight is 543 g/mol. The van der Waals surface area contributed by atoms with E-state index in [4.69, 9.17) is 14.5 Å². The quantitative estimate of drug-likeness (QED) is 0.465. The number of amides is 1. The molecule has 4 heterocycles. The van der Waals surface area contributed by atoms with Crippen LogP contribution in [-0.4, -0.2) is 56.9 Å². The van der Waals surface area contributed by atoms with Gasteiger partial charge in [-0.2, -0.15) is 0 Å². The molecule has 1 N–H and O–H groups in total. The number of ether oxygens (including phenoxy) is 2. The molecule has 5 rings (SSSR count). The Balaban J connectivity index is 0.00000141. The van der Waals surface area contributed by atoms with Gasteiger partial charge in [-0.15, -0.1) is 0 Å². The molecule has 0 saturated heterocycles. The number of benzene rings is 1. The minimum atomic E-state index is -1.33. The molecule has 2 unspecified atom stereocenters. The highest BCUT2D eigenvalue weighted by molar-refractivity contribution is 9.10. The molecule has 3 aliphatic rings. The molecular weight excluding hydrogens is 516 g/mol. The second-order valence-electron chi connectivity index (χ2n) is 8.16. The third kappa shape index (κ3) is 4.38. The number of esters is 2. The lowest BCUT2D eigenvalue weighted by Gasteiger charge is -2.31. The second-order valence-corrected chi connectivity index (χ2v) is 9.26. The standard InChI is InChI=1S/C24H21BrN2O6.C2H6/c1-2-18(25)23(30)33-21-14-7-12-8-27(22(29)17(14)11-32-24(21)31)9-15-16(10-28)13-5-3-4-6-19(13)26-20(12)15;1-2/h3-7,18,21,28H,2,8-11H2,1H3;1-2H3. The summed E-state index contributed by atoms with van der Waals surface area (Å²) in [5, 5.41) is 11.0.